The first-order valence-electron chi connectivity index (χ1n) is 8.59. The van der Waals surface area contributed by atoms with Crippen LogP contribution in [0.2, 0.25) is 0 Å². The second-order valence-corrected chi connectivity index (χ2v) is 7.87. The van der Waals surface area contributed by atoms with Gasteiger partial charge in [0.2, 0.25) is 0 Å². The van der Waals surface area contributed by atoms with E-state index in [2.05, 4.69) is 44.0 Å². The molecule has 1 aromatic heterocycles. The number of rotatable bonds is 3. The number of nitrogens with one attached hydrogen (secondary N) is 1. The van der Waals surface area contributed by atoms with E-state index in [-0.39, 0.29) is 24.4 Å². The summed E-state index contributed by atoms with van der Waals surface area (Å²) < 4.78 is 18.4. The Morgan fingerprint density at radius 2 is 1.87 bits per heavy atom. The van der Waals surface area contributed by atoms with Crippen LogP contribution in [0.3, 0.4) is 0 Å². The SMILES string of the molecule is CC1(C)OB(C2=C[C@H](c3c[nH]nc3C3CC3)OCC2)OC1(C)C. The van der Waals surface area contributed by atoms with Crippen molar-refractivity contribution < 1.29 is 14.0 Å². The summed E-state index contributed by atoms with van der Waals surface area (Å²) in [5.41, 5.74) is 2.91. The van der Waals surface area contributed by atoms with Crippen LogP contribution in [0, 0.1) is 0 Å². The van der Waals surface area contributed by atoms with Gasteiger partial charge in [0.1, 0.15) is 6.10 Å². The van der Waals surface area contributed by atoms with Gasteiger partial charge in [0.15, 0.2) is 0 Å². The van der Waals surface area contributed by atoms with Crippen LogP contribution >= 0.6 is 0 Å². The average Bonchev–Trinajstić information content (AvgIpc) is 3.17. The maximum Gasteiger partial charge on any atom is 0.490 e. The van der Waals surface area contributed by atoms with Crippen LogP contribution in [0.15, 0.2) is 17.7 Å². The van der Waals surface area contributed by atoms with E-state index in [0.29, 0.717) is 12.5 Å². The molecule has 5 nitrogen and oxygen atoms in total. The van der Waals surface area contributed by atoms with Gasteiger partial charge < -0.3 is 14.0 Å². The number of aromatic amines is 1. The smallest absolute Gasteiger partial charge is 0.400 e. The Labute approximate surface area is 137 Å². The summed E-state index contributed by atoms with van der Waals surface area (Å²) in [7, 11) is -0.275. The number of aromatic nitrogens is 2. The standard InChI is InChI=1S/C17H25BN2O3/c1-16(2)17(3,4)23-18(22-16)12-7-8-21-14(9-12)13-10-19-20-15(13)11-5-6-11/h9-11,14H,5-8H2,1-4H3,(H,19,20)/t14-/m1/s1. The number of hydrogen-bond donors (Lipinski definition) is 1. The minimum Gasteiger partial charge on any atom is -0.400 e. The summed E-state index contributed by atoms with van der Waals surface area (Å²) >= 11 is 0. The second kappa shape index (κ2) is 5.20. The van der Waals surface area contributed by atoms with Crippen LogP contribution in [-0.4, -0.2) is 35.1 Å². The Balaban J connectivity index is 1.58. The van der Waals surface area contributed by atoms with Gasteiger partial charge in [-0.1, -0.05) is 6.08 Å². The van der Waals surface area contributed by atoms with Crippen molar-refractivity contribution in [1.82, 2.24) is 10.2 Å². The van der Waals surface area contributed by atoms with Crippen LogP contribution in [-0.2, 0) is 14.0 Å². The van der Waals surface area contributed by atoms with Crippen LogP contribution in [0.5, 0.6) is 0 Å². The third kappa shape index (κ3) is 2.67. The number of hydrogen-bond acceptors (Lipinski definition) is 4. The largest absolute Gasteiger partial charge is 0.490 e. The molecule has 1 atom stereocenters. The zero-order chi connectivity index (χ0) is 16.2. The maximum atomic E-state index is 6.19. The van der Waals surface area contributed by atoms with E-state index in [1.165, 1.54) is 29.6 Å². The fourth-order valence-electron chi connectivity index (χ4n) is 3.22. The molecule has 0 amide bonds. The molecule has 1 aliphatic carbocycles. The summed E-state index contributed by atoms with van der Waals surface area (Å²) in [5.74, 6) is 0.607. The first kappa shape index (κ1) is 15.4. The highest BCUT2D eigenvalue weighted by Gasteiger charge is 2.52. The van der Waals surface area contributed by atoms with Crippen molar-refractivity contribution in [3.8, 4) is 0 Å². The molecule has 2 fully saturated rings. The lowest BCUT2D eigenvalue weighted by Crippen LogP contribution is -2.41. The van der Waals surface area contributed by atoms with Gasteiger partial charge in [0, 0.05) is 17.7 Å². The predicted octanol–water partition coefficient (Wildman–Crippen LogP) is 3.31. The van der Waals surface area contributed by atoms with Gasteiger partial charge >= 0.3 is 7.12 Å². The van der Waals surface area contributed by atoms with Gasteiger partial charge in [-0.25, -0.2) is 0 Å². The van der Waals surface area contributed by atoms with Crippen molar-refractivity contribution in [2.75, 3.05) is 6.61 Å². The molecular weight excluding hydrogens is 291 g/mol. The Morgan fingerprint density at radius 1 is 1.17 bits per heavy atom. The Bertz CT molecular complexity index is 618. The van der Waals surface area contributed by atoms with Crippen LogP contribution in [0.4, 0.5) is 0 Å². The van der Waals surface area contributed by atoms with E-state index in [1.54, 1.807) is 0 Å². The summed E-state index contributed by atoms with van der Waals surface area (Å²) in [6.07, 6.45) is 7.41. The van der Waals surface area contributed by atoms with Crippen molar-refractivity contribution >= 4 is 7.12 Å². The Morgan fingerprint density at radius 3 is 2.52 bits per heavy atom. The van der Waals surface area contributed by atoms with Gasteiger partial charge in [-0.15, -0.1) is 0 Å². The zero-order valence-corrected chi connectivity index (χ0v) is 14.4. The predicted molar refractivity (Wildman–Crippen MR) is 88.0 cm³/mol. The molecule has 6 heteroatoms. The highest BCUT2D eigenvalue weighted by molar-refractivity contribution is 6.54. The van der Waals surface area contributed by atoms with Crippen molar-refractivity contribution in [1.29, 1.82) is 0 Å². The van der Waals surface area contributed by atoms with Gasteiger partial charge in [-0.05, 0) is 52.4 Å². The normalized spacial score (nSPS) is 29.7. The molecule has 1 saturated carbocycles. The maximum absolute atomic E-state index is 6.19. The first-order chi connectivity index (χ1) is 10.9. The van der Waals surface area contributed by atoms with Crippen molar-refractivity contribution in [3.05, 3.63) is 29.0 Å². The highest BCUT2D eigenvalue weighted by Crippen LogP contribution is 2.44. The van der Waals surface area contributed by atoms with Gasteiger partial charge in [-0.3, -0.25) is 5.10 Å². The molecule has 124 valence electrons. The van der Waals surface area contributed by atoms with Crippen LogP contribution in [0.25, 0.3) is 0 Å². The lowest BCUT2D eigenvalue weighted by atomic mass is 9.74. The van der Waals surface area contributed by atoms with Gasteiger partial charge in [0.25, 0.3) is 0 Å². The molecule has 1 saturated heterocycles. The molecule has 4 rings (SSSR count). The summed E-state index contributed by atoms with van der Waals surface area (Å²) in [5, 5.41) is 7.43. The van der Waals surface area contributed by atoms with Crippen molar-refractivity contribution in [2.24, 2.45) is 0 Å². The number of nitrogens with zero attached hydrogens (tertiary/aromatic N) is 1. The van der Waals surface area contributed by atoms with E-state index >= 15 is 0 Å². The molecule has 0 unspecified atom stereocenters. The minimum atomic E-state index is -0.304. The average molecular weight is 316 g/mol. The zero-order valence-electron chi connectivity index (χ0n) is 14.4. The van der Waals surface area contributed by atoms with Gasteiger partial charge in [-0.2, -0.15) is 5.10 Å². The van der Waals surface area contributed by atoms with E-state index in [0.717, 1.165) is 6.42 Å². The molecule has 0 spiro atoms. The topological polar surface area (TPSA) is 56.4 Å². The molecule has 2 aliphatic heterocycles. The van der Waals surface area contributed by atoms with E-state index < -0.39 is 0 Å². The monoisotopic (exact) mass is 316 g/mol. The highest BCUT2D eigenvalue weighted by atomic mass is 16.7. The molecule has 1 aromatic rings. The van der Waals surface area contributed by atoms with Crippen molar-refractivity contribution in [2.45, 2.75) is 70.2 Å². The molecule has 0 radical (unpaired) electrons. The van der Waals surface area contributed by atoms with Crippen molar-refractivity contribution in [3.63, 3.8) is 0 Å². The number of H-pyrrole nitrogens is 1. The Hall–Kier alpha value is -1.11. The quantitative estimate of drug-likeness (QED) is 0.869. The lowest BCUT2D eigenvalue weighted by molar-refractivity contribution is 0.00578. The minimum absolute atomic E-state index is 0.0490. The van der Waals surface area contributed by atoms with E-state index in [9.17, 15) is 0 Å². The van der Waals surface area contributed by atoms with Crippen LogP contribution < -0.4 is 0 Å². The number of ether oxygens (including phenoxy) is 1. The fourth-order valence-corrected chi connectivity index (χ4v) is 3.22. The molecule has 23 heavy (non-hydrogen) atoms. The molecule has 3 heterocycles. The summed E-state index contributed by atoms with van der Waals surface area (Å²) in [6.45, 7) is 9.05. The van der Waals surface area contributed by atoms with Gasteiger partial charge in [0.05, 0.1) is 23.5 Å². The molecular formula is C17H25BN2O3. The van der Waals surface area contributed by atoms with E-state index in [4.69, 9.17) is 14.0 Å². The van der Waals surface area contributed by atoms with Crippen LogP contribution in [0.1, 0.15) is 70.2 Å². The first-order valence-corrected chi connectivity index (χ1v) is 8.59. The molecule has 3 aliphatic rings. The summed E-state index contributed by atoms with van der Waals surface area (Å²) in [6, 6.07) is 0. The van der Waals surface area contributed by atoms with E-state index in [1.807, 2.05) is 6.20 Å². The Kier molecular flexibility index (Phi) is 3.48. The summed E-state index contributed by atoms with van der Waals surface area (Å²) in [4.78, 5) is 0. The third-order valence-corrected chi connectivity index (χ3v) is 5.58. The third-order valence-electron chi connectivity index (χ3n) is 5.58. The second-order valence-electron chi connectivity index (χ2n) is 7.87. The molecule has 0 aromatic carbocycles. The fraction of sp³-hybridized carbons (Fsp3) is 0.706. The molecule has 1 N–H and O–H groups in total. The molecule has 0 bridgehead atoms. The lowest BCUT2D eigenvalue weighted by Gasteiger charge is -2.32.